The minimum atomic E-state index is -0.805. The number of rotatable bonds is 4. The van der Waals surface area contributed by atoms with Crippen LogP contribution in [0.1, 0.15) is 6.42 Å². The first-order valence-electron chi connectivity index (χ1n) is 2.78. The van der Waals surface area contributed by atoms with E-state index in [2.05, 4.69) is 0 Å². The summed E-state index contributed by atoms with van der Waals surface area (Å²) in [5.41, 5.74) is 5.41. The van der Waals surface area contributed by atoms with Crippen LogP contribution in [0.5, 0.6) is 0 Å². The lowest BCUT2D eigenvalue weighted by Crippen LogP contribution is -2.25. The van der Waals surface area contributed by atoms with Gasteiger partial charge in [-0.05, 0) is 12.8 Å². The molecule has 0 aliphatic carbocycles. The van der Waals surface area contributed by atoms with Crippen molar-refractivity contribution in [2.75, 3.05) is 12.8 Å². The topological polar surface area (TPSA) is 63.3 Å². The Bertz CT molecular complexity index is 97.0. The van der Waals surface area contributed by atoms with E-state index in [9.17, 15) is 4.79 Å². The van der Waals surface area contributed by atoms with Crippen molar-refractivity contribution in [3.8, 4) is 0 Å². The van der Waals surface area contributed by atoms with E-state index in [1.807, 2.05) is 6.66 Å². The molecule has 0 fully saturated rings. The largest absolute Gasteiger partial charge is 0.481 e. The summed E-state index contributed by atoms with van der Waals surface area (Å²) >= 11 is 0. The first-order chi connectivity index (χ1) is 4.16. The Hall–Kier alpha value is -0.140. The molecule has 4 heteroatoms. The average Bonchev–Trinajstić information content (AvgIpc) is 1.63. The Morgan fingerprint density at radius 2 is 2.44 bits per heavy atom. The molecule has 3 N–H and O–H groups in total. The summed E-state index contributed by atoms with van der Waals surface area (Å²) in [6.45, 7) is 2.02. The molecule has 0 rings (SSSR count). The fourth-order valence-corrected chi connectivity index (χ4v) is 1.23. The van der Waals surface area contributed by atoms with E-state index in [1.165, 1.54) is 0 Å². The first kappa shape index (κ1) is 8.86. The summed E-state index contributed by atoms with van der Waals surface area (Å²) in [6.07, 6.45) is 0.924. The van der Waals surface area contributed by atoms with Gasteiger partial charge in [0.2, 0.25) is 0 Å². The number of hydrogen-bond acceptors (Lipinski definition) is 2. The summed E-state index contributed by atoms with van der Waals surface area (Å²) in [6, 6.07) is -0.147. The third-order valence-corrected chi connectivity index (χ3v) is 1.84. The second-order valence-corrected chi connectivity index (χ2v) is 3.03. The predicted molar refractivity (Wildman–Crippen MR) is 39.3 cm³/mol. The maximum atomic E-state index is 10.0. The second-order valence-electron chi connectivity index (χ2n) is 1.92. The van der Waals surface area contributed by atoms with Crippen molar-refractivity contribution in [1.29, 1.82) is 0 Å². The van der Waals surface area contributed by atoms with Gasteiger partial charge >= 0.3 is 5.97 Å². The van der Waals surface area contributed by atoms with E-state index in [4.69, 9.17) is 10.8 Å². The molecule has 0 bridgehead atoms. The van der Waals surface area contributed by atoms with E-state index in [1.54, 1.807) is 0 Å². The second kappa shape index (κ2) is 4.71. The van der Waals surface area contributed by atoms with Crippen LogP contribution in [0.2, 0.25) is 0 Å². The molecule has 54 valence electrons. The molecule has 9 heavy (non-hydrogen) atoms. The van der Waals surface area contributed by atoms with Crippen LogP contribution in [0.4, 0.5) is 0 Å². The summed E-state index contributed by atoms with van der Waals surface area (Å²) in [5.74, 6) is -0.805. The van der Waals surface area contributed by atoms with Crippen molar-refractivity contribution in [2.45, 2.75) is 12.5 Å². The minimum Gasteiger partial charge on any atom is -0.481 e. The Morgan fingerprint density at radius 1 is 1.89 bits per heavy atom. The third-order valence-electron chi connectivity index (χ3n) is 0.903. The molecule has 0 aromatic rings. The van der Waals surface area contributed by atoms with Crippen LogP contribution in [-0.2, 0) is 4.79 Å². The van der Waals surface area contributed by atoms with Crippen LogP contribution in [0.15, 0.2) is 0 Å². The standard InChI is InChI=1S/C5H12NO2P/c1-9-3-4(6)2-5(7)8/h4,9H,2-3,6H2,1H3,(H,7,8). The quantitative estimate of drug-likeness (QED) is 0.557. The number of nitrogens with two attached hydrogens (primary N) is 1. The van der Waals surface area contributed by atoms with Gasteiger partial charge in [-0.2, -0.15) is 0 Å². The van der Waals surface area contributed by atoms with Gasteiger partial charge in [0.15, 0.2) is 0 Å². The van der Waals surface area contributed by atoms with Crippen molar-refractivity contribution < 1.29 is 9.90 Å². The first-order valence-corrected chi connectivity index (χ1v) is 4.49. The molecule has 0 saturated heterocycles. The molecular weight excluding hydrogens is 137 g/mol. The molecule has 0 saturated carbocycles. The van der Waals surface area contributed by atoms with Gasteiger partial charge in [-0.15, -0.1) is 8.58 Å². The SMILES string of the molecule is CPCC(N)CC(=O)O. The summed E-state index contributed by atoms with van der Waals surface area (Å²) in [4.78, 5) is 10.0. The van der Waals surface area contributed by atoms with Gasteiger partial charge in [0.05, 0.1) is 6.42 Å². The number of carboxylic acid groups (broad SMARTS) is 1. The fourth-order valence-electron chi connectivity index (χ4n) is 0.559. The number of hydrogen-bond donors (Lipinski definition) is 2. The molecule has 0 spiro atoms. The zero-order chi connectivity index (χ0) is 7.28. The zero-order valence-electron chi connectivity index (χ0n) is 5.42. The van der Waals surface area contributed by atoms with E-state index < -0.39 is 5.97 Å². The van der Waals surface area contributed by atoms with E-state index in [0.717, 1.165) is 14.7 Å². The van der Waals surface area contributed by atoms with Gasteiger partial charge in [0, 0.05) is 6.04 Å². The predicted octanol–water partition coefficient (Wildman–Crippen LogP) is 0.0967. The normalized spacial score (nSPS) is 14.4. The highest BCUT2D eigenvalue weighted by atomic mass is 31.1. The molecule has 0 aliphatic heterocycles. The zero-order valence-corrected chi connectivity index (χ0v) is 6.42. The van der Waals surface area contributed by atoms with Crippen LogP contribution in [-0.4, -0.2) is 29.9 Å². The molecular formula is C5H12NO2P. The lowest BCUT2D eigenvalue weighted by molar-refractivity contribution is -0.137. The molecule has 0 aromatic heterocycles. The van der Waals surface area contributed by atoms with Crippen LogP contribution in [0.3, 0.4) is 0 Å². The van der Waals surface area contributed by atoms with E-state index >= 15 is 0 Å². The third kappa shape index (κ3) is 5.74. The number of carboxylic acids is 1. The molecule has 0 aromatic carbocycles. The summed E-state index contributed by atoms with van der Waals surface area (Å²) in [5, 5.41) is 8.23. The lowest BCUT2D eigenvalue weighted by atomic mass is 10.2. The molecule has 0 radical (unpaired) electrons. The van der Waals surface area contributed by atoms with E-state index in [-0.39, 0.29) is 12.5 Å². The summed E-state index contributed by atoms with van der Waals surface area (Å²) in [7, 11) is 0.749. The number of aliphatic carboxylic acids is 1. The Labute approximate surface area is 56.4 Å². The van der Waals surface area contributed by atoms with Crippen molar-refractivity contribution in [3.05, 3.63) is 0 Å². The maximum Gasteiger partial charge on any atom is 0.304 e. The molecule has 0 aliphatic rings. The van der Waals surface area contributed by atoms with Crippen molar-refractivity contribution in [2.24, 2.45) is 5.73 Å². The van der Waals surface area contributed by atoms with Gasteiger partial charge in [-0.1, -0.05) is 0 Å². The van der Waals surface area contributed by atoms with Crippen LogP contribution in [0, 0.1) is 0 Å². The van der Waals surface area contributed by atoms with Gasteiger partial charge in [0.1, 0.15) is 0 Å². The average molecular weight is 149 g/mol. The minimum absolute atomic E-state index is 0.0981. The van der Waals surface area contributed by atoms with Gasteiger partial charge in [-0.3, -0.25) is 4.79 Å². The highest BCUT2D eigenvalue weighted by Gasteiger charge is 2.04. The van der Waals surface area contributed by atoms with Crippen molar-refractivity contribution >= 4 is 14.6 Å². The molecule has 2 atom stereocenters. The smallest absolute Gasteiger partial charge is 0.304 e. The van der Waals surface area contributed by atoms with Crippen LogP contribution < -0.4 is 5.73 Å². The highest BCUT2D eigenvalue weighted by molar-refractivity contribution is 7.37. The Morgan fingerprint density at radius 3 is 2.78 bits per heavy atom. The van der Waals surface area contributed by atoms with Gasteiger partial charge in [-0.25, -0.2) is 0 Å². The molecule has 2 unspecified atom stereocenters. The Balaban J connectivity index is 3.26. The number of carbonyl (C=O) groups is 1. The molecule has 0 heterocycles. The van der Waals surface area contributed by atoms with Crippen LogP contribution in [0.25, 0.3) is 0 Å². The molecule has 3 nitrogen and oxygen atoms in total. The van der Waals surface area contributed by atoms with Gasteiger partial charge in [0.25, 0.3) is 0 Å². The van der Waals surface area contributed by atoms with Gasteiger partial charge < -0.3 is 10.8 Å². The maximum absolute atomic E-state index is 10.0. The van der Waals surface area contributed by atoms with E-state index in [0.29, 0.717) is 0 Å². The summed E-state index contributed by atoms with van der Waals surface area (Å²) < 4.78 is 0. The molecule has 0 amide bonds. The monoisotopic (exact) mass is 149 g/mol. The van der Waals surface area contributed by atoms with Crippen LogP contribution >= 0.6 is 8.58 Å². The lowest BCUT2D eigenvalue weighted by Gasteiger charge is -2.04. The van der Waals surface area contributed by atoms with Crippen molar-refractivity contribution in [1.82, 2.24) is 0 Å². The Kier molecular flexibility index (Phi) is 4.64. The van der Waals surface area contributed by atoms with Crippen molar-refractivity contribution in [3.63, 3.8) is 0 Å². The fraction of sp³-hybridized carbons (Fsp3) is 0.800. The highest BCUT2D eigenvalue weighted by Crippen LogP contribution is 2.04.